The molecule has 0 bridgehead atoms. The number of pyridine rings is 1. The Morgan fingerprint density at radius 3 is 2.83 bits per heavy atom. The van der Waals surface area contributed by atoms with Crippen molar-refractivity contribution in [1.82, 2.24) is 24.6 Å². The van der Waals surface area contributed by atoms with E-state index in [1.807, 2.05) is 25.1 Å². The van der Waals surface area contributed by atoms with Crippen LogP contribution in [0.1, 0.15) is 47.8 Å². The largest absolute Gasteiger partial charge is 0.360 e. The molecule has 0 spiro atoms. The van der Waals surface area contributed by atoms with E-state index in [1.54, 1.807) is 13.8 Å². The number of aryl methyl sites for hydroxylation is 3. The molecule has 0 amide bonds. The van der Waals surface area contributed by atoms with Crippen molar-refractivity contribution >= 4 is 32.3 Å². The minimum atomic E-state index is -3.66. The zero-order chi connectivity index (χ0) is 21.3. The molecule has 160 valence electrons. The van der Waals surface area contributed by atoms with Gasteiger partial charge in [-0.3, -0.25) is 0 Å². The molecule has 3 aromatic rings. The van der Waals surface area contributed by atoms with E-state index in [1.165, 1.54) is 15.6 Å². The van der Waals surface area contributed by atoms with Crippen molar-refractivity contribution < 1.29 is 12.9 Å². The second-order valence-corrected chi connectivity index (χ2v) is 10.2. The lowest BCUT2D eigenvalue weighted by atomic mass is 9.96. The summed E-state index contributed by atoms with van der Waals surface area (Å²) >= 11 is 1.50. The Labute approximate surface area is 179 Å². The number of nitrogens with one attached hydrogen (secondary N) is 1. The van der Waals surface area contributed by atoms with Gasteiger partial charge in [0, 0.05) is 24.7 Å². The van der Waals surface area contributed by atoms with Gasteiger partial charge in [-0.1, -0.05) is 29.5 Å². The van der Waals surface area contributed by atoms with E-state index in [4.69, 9.17) is 9.51 Å². The predicted octanol–water partition coefficient (Wildman–Crippen LogP) is 3.41. The molecule has 30 heavy (non-hydrogen) atoms. The van der Waals surface area contributed by atoms with Gasteiger partial charge in [0.2, 0.25) is 15.2 Å². The topological polar surface area (TPSA) is 114 Å². The zero-order valence-corrected chi connectivity index (χ0v) is 18.8. The van der Waals surface area contributed by atoms with Crippen LogP contribution in [0.3, 0.4) is 0 Å². The van der Waals surface area contributed by atoms with E-state index in [0.29, 0.717) is 35.5 Å². The fraction of sp³-hybridized carbons (Fsp3) is 0.474. The Balaban J connectivity index is 1.53. The molecule has 9 nitrogen and oxygen atoms in total. The second-order valence-electron chi connectivity index (χ2n) is 7.28. The first-order valence-electron chi connectivity index (χ1n) is 9.88. The maximum absolute atomic E-state index is 13.2. The Morgan fingerprint density at radius 1 is 1.30 bits per heavy atom. The first-order valence-corrected chi connectivity index (χ1v) is 12.1. The maximum Gasteiger partial charge on any atom is 0.248 e. The van der Waals surface area contributed by atoms with Crippen LogP contribution in [0.25, 0.3) is 0 Å². The average molecular weight is 449 g/mol. The van der Waals surface area contributed by atoms with Gasteiger partial charge < -0.3 is 9.84 Å². The van der Waals surface area contributed by atoms with Gasteiger partial charge in [0.05, 0.1) is 0 Å². The highest BCUT2D eigenvalue weighted by atomic mass is 32.2. The second kappa shape index (κ2) is 8.40. The number of hydrogen-bond acceptors (Lipinski definition) is 9. The van der Waals surface area contributed by atoms with Crippen LogP contribution in [0.4, 0.5) is 10.9 Å². The Kier molecular flexibility index (Phi) is 5.85. The number of hydrogen-bond donors (Lipinski definition) is 1. The quantitative estimate of drug-likeness (QED) is 0.610. The molecule has 4 heterocycles. The maximum atomic E-state index is 13.2. The van der Waals surface area contributed by atoms with E-state index >= 15 is 0 Å². The summed E-state index contributed by atoms with van der Waals surface area (Å²) in [6.07, 6.45) is 2.48. The zero-order valence-electron chi connectivity index (χ0n) is 17.1. The summed E-state index contributed by atoms with van der Waals surface area (Å²) in [6.45, 7) is 6.17. The fourth-order valence-electron chi connectivity index (χ4n) is 3.68. The van der Waals surface area contributed by atoms with Gasteiger partial charge in [-0.25, -0.2) is 13.4 Å². The van der Waals surface area contributed by atoms with Gasteiger partial charge in [0.15, 0.2) is 5.76 Å². The molecule has 11 heteroatoms. The minimum Gasteiger partial charge on any atom is -0.360 e. The van der Waals surface area contributed by atoms with Crippen LogP contribution < -0.4 is 5.32 Å². The molecule has 1 N–H and O–H groups in total. The molecule has 0 radical (unpaired) electrons. The van der Waals surface area contributed by atoms with E-state index in [0.717, 1.165) is 30.0 Å². The summed E-state index contributed by atoms with van der Waals surface area (Å²) in [4.78, 5) is 4.89. The molecule has 4 rings (SSSR count). The van der Waals surface area contributed by atoms with Crippen molar-refractivity contribution in [2.75, 3.05) is 18.4 Å². The van der Waals surface area contributed by atoms with Gasteiger partial charge >= 0.3 is 0 Å². The van der Waals surface area contributed by atoms with Crippen molar-refractivity contribution in [3.8, 4) is 0 Å². The summed E-state index contributed by atoms with van der Waals surface area (Å²) in [7, 11) is -3.66. The van der Waals surface area contributed by atoms with Crippen LogP contribution in [0.15, 0.2) is 27.6 Å². The Hall–Kier alpha value is -2.37. The molecule has 0 aromatic carbocycles. The predicted molar refractivity (Wildman–Crippen MR) is 114 cm³/mol. The first kappa shape index (κ1) is 20.9. The lowest BCUT2D eigenvalue weighted by Gasteiger charge is -2.31. The van der Waals surface area contributed by atoms with Crippen LogP contribution in [0, 0.1) is 13.8 Å². The minimum absolute atomic E-state index is 0.0105. The van der Waals surface area contributed by atoms with Gasteiger partial charge in [-0.05, 0) is 45.2 Å². The monoisotopic (exact) mass is 448 g/mol. The molecule has 0 unspecified atom stereocenters. The lowest BCUT2D eigenvalue weighted by molar-refractivity contribution is 0.312. The Bertz CT molecular complexity index is 1120. The third-order valence-electron chi connectivity index (χ3n) is 5.14. The first-order chi connectivity index (χ1) is 14.4. The van der Waals surface area contributed by atoms with Gasteiger partial charge in [0.25, 0.3) is 0 Å². The van der Waals surface area contributed by atoms with Crippen molar-refractivity contribution in [2.45, 2.75) is 50.8 Å². The standard InChI is InChI=1S/C19H24N6O3S2/c1-4-17-22-23-19(29-17)21-16-9-5-8-15(20-16)14-7-6-10-25(11-14)30(26,27)18-12(2)24-28-13(18)3/h5,8-9,14H,4,6-7,10-11H2,1-3H3,(H,20,21,23)/t14-/m1/s1. The highest BCUT2D eigenvalue weighted by Gasteiger charge is 2.35. The summed E-state index contributed by atoms with van der Waals surface area (Å²) in [5, 5.41) is 16.9. The number of nitrogens with zero attached hydrogens (tertiary/aromatic N) is 5. The highest BCUT2D eigenvalue weighted by Crippen LogP contribution is 2.32. The molecule has 1 fully saturated rings. The normalized spacial score (nSPS) is 17.9. The summed E-state index contributed by atoms with van der Waals surface area (Å²) in [6, 6.07) is 5.74. The van der Waals surface area contributed by atoms with Crippen molar-refractivity contribution in [1.29, 1.82) is 0 Å². The molecular weight excluding hydrogens is 424 g/mol. The lowest BCUT2D eigenvalue weighted by Crippen LogP contribution is -2.39. The summed E-state index contributed by atoms with van der Waals surface area (Å²) < 4.78 is 33.0. The fourth-order valence-corrected chi connectivity index (χ4v) is 6.18. The van der Waals surface area contributed by atoms with Crippen LogP contribution in [-0.2, 0) is 16.4 Å². The SMILES string of the molecule is CCc1nnc(Nc2cccc([C@@H]3CCCN(S(=O)(=O)c4c(C)noc4C)C3)n2)s1. The van der Waals surface area contributed by atoms with E-state index in [9.17, 15) is 8.42 Å². The molecule has 0 aliphatic carbocycles. The van der Waals surface area contributed by atoms with E-state index in [-0.39, 0.29) is 10.8 Å². The number of sulfonamides is 1. The summed E-state index contributed by atoms with van der Waals surface area (Å²) in [5.74, 6) is 1.01. The van der Waals surface area contributed by atoms with Crippen molar-refractivity contribution in [2.24, 2.45) is 0 Å². The smallest absolute Gasteiger partial charge is 0.248 e. The van der Waals surface area contributed by atoms with E-state index < -0.39 is 10.0 Å². The average Bonchev–Trinajstić information content (AvgIpc) is 3.34. The molecule has 1 atom stereocenters. The van der Waals surface area contributed by atoms with E-state index in [2.05, 4.69) is 20.7 Å². The Morgan fingerprint density at radius 2 is 2.13 bits per heavy atom. The third kappa shape index (κ3) is 4.09. The molecule has 1 saturated heterocycles. The van der Waals surface area contributed by atoms with Crippen molar-refractivity contribution in [3.63, 3.8) is 0 Å². The highest BCUT2D eigenvalue weighted by molar-refractivity contribution is 7.89. The molecule has 1 aliphatic rings. The van der Waals surface area contributed by atoms with Crippen molar-refractivity contribution in [3.05, 3.63) is 40.4 Å². The number of piperidine rings is 1. The van der Waals surface area contributed by atoms with Crippen LogP contribution >= 0.6 is 11.3 Å². The van der Waals surface area contributed by atoms with Gasteiger partial charge in [-0.2, -0.15) is 4.31 Å². The molecule has 3 aromatic heterocycles. The molecular formula is C19H24N6O3S2. The number of anilines is 2. The number of rotatable bonds is 6. The third-order valence-corrected chi connectivity index (χ3v) is 8.24. The van der Waals surface area contributed by atoms with Crippen LogP contribution in [-0.4, -0.2) is 46.2 Å². The molecule has 1 aliphatic heterocycles. The summed E-state index contributed by atoms with van der Waals surface area (Å²) in [5.41, 5.74) is 1.25. The van der Waals surface area contributed by atoms with Crippen LogP contribution in [0.2, 0.25) is 0 Å². The van der Waals surface area contributed by atoms with Gasteiger partial charge in [-0.15, -0.1) is 10.2 Å². The molecule has 0 saturated carbocycles. The van der Waals surface area contributed by atoms with Crippen LogP contribution in [0.5, 0.6) is 0 Å². The number of aromatic nitrogens is 4. The van der Waals surface area contributed by atoms with Gasteiger partial charge in [0.1, 0.15) is 21.4 Å².